The van der Waals surface area contributed by atoms with Crippen molar-refractivity contribution in [1.29, 1.82) is 5.26 Å². The van der Waals surface area contributed by atoms with Crippen LogP contribution < -0.4 is 0 Å². The van der Waals surface area contributed by atoms with Gasteiger partial charge in [-0.25, -0.2) is 0 Å². The molecule has 0 spiro atoms. The van der Waals surface area contributed by atoms with Gasteiger partial charge in [0.2, 0.25) is 0 Å². The zero-order chi connectivity index (χ0) is 9.90. The number of nitriles is 1. The Labute approximate surface area is 79.2 Å². The van der Waals surface area contributed by atoms with Crippen molar-refractivity contribution in [3.8, 4) is 6.07 Å². The fraction of sp³-hybridized carbons (Fsp3) is 0.455. The standard InChI is InChI=1S/C11H14N2/c1-4-11(2,3)10-7-9(8-12)5-6-13-10/h5-7H,4H2,1-3H3. The molecule has 0 aliphatic rings. The highest BCUT2D eigenvalue weighted by Crippen LogP contribution is 2.24. The number of aromatic nitrogens is 1. The van der Waals surface area contributed by atoms with Gasteiger partial charge in [-0.15, -0.1) is 0 Å². The molecule has 1 rings (SSSR count). The summed E-state index contributed by atoms with van der Waals surface area (Å²) in [6.07, 6.45) is 2.72. The summed E-state index contributed by atoms with van der Waals surface area (Å²) in [5.74, 6) is 0. The second-order valence-electron chi connectivity index (χ2n) is 3.78. The zero-order valence-corrected chi connectivity index (χ0v) is 8.33. The van der Waals surface area contributed by atoms with E-state index in [2.05, 4.69) is 31.8 Å². The van der Waals surface area contributed by atoms with Gasteiger partial charge in [-0.2, -0.15) is 5.26 Å². The van der Waals surface area contributed by atoms with Crippen LogP contribution in [0.25, 0.3) is 0 Å². The average molecular weight is 174 g/mol. The van der Waals surface area contributed by atoms with Gasteiger partial charge in [0.15, 0.2) is 0 Å². The summed E-state index contributed by atoms with van der Waals surface area (Å²) in [5, 5.41) is 8.72. The van der Waals surface area contributed by atoms with Crippen molar-refractivity contribution in [2.75, 3.05) is 0 Å². The van der Waals surface area contributed by atoms with Crippen LogP contribution >= 0.6 is 0 Å². The number of hydrogen-bond acceptors (Lipinski definition) is 2. The van der Waals surface area contributed by atoms with Crippen LogP contribution in [0.4, 0.5) is 0 Å². The van der Waals surface area contributed by atoms with Crippen LogP contribution in [-0.2, 0) is 5.41 Å². The summed E-state index contributed by atoms with van der Waals surface area (Å²) in [5.41, 5.74) is 1.74. The number of pyridine rings is 1. The smallest absolute Gasteiger partial charge is 0.0992 e. The molecule has 13 heavy (non-hydrogen) atoms. The van der Waals surface area contributed by atoms with Gasteiger partial charge in [0.05, 0.1) is 11.6 Å². The first-order chi connectivity index (χ1) is 6.10. The van der Waals surface area contributed by atoms with Gasteiger partial charge in [-0.05, 0) is 18.6 Å². The Bertz CT molecular complexity index is 334. The summed E-state index contributed by atoms with van der Waals surface area (Å²) in [7, 11) is 0. The van der Waals surface area contributed by atoms with E-state index in [1.54, 1.807) is 12.3 Å². The molecule has 2 heteroatoms. The Hall–Kier alpha value is -1.36. The first kappa shape index (κ1) is 9.73. The molecule has 0 saturated carbocycles. The summed E-state index contributed by atoms with van der Waals surface area (Å²) in [4.78, 5) is 4.28. The molecule has 0 radical (unpaired) electrons. The molecular formula is C11H14N2. The van der Waals surface area contributed by atoms with Crippen LogP contribution in [0, 0.1) is 11.3 Å². The maximum atomic E-state index is 8.72. The van der Waals surface area contributed by atoms with Gasteiger partial charge >= 0.3 is 0 Å². The molecule has 0 amide bonds. The minimum Gasteiger partial charge on any atom is -0.261 e. The van der Waals surface area contributed by atoms with E-state index in [0.717, 1.165) is 12.1 Å². The fourth-order valence-corrected chi connectivity index (χ4v) is 1.05. The van der Waals surface area contributed by atoms with Gasteiger partial charge in [0.25, 0.3) is 0 Å². The van der Waals surface area contributed by atoms with Crippen molar-refractivity contribution >= 4 is 0 Å². The van der Waals surface area contributed by atoms with Crippen molar-refractivity contribution in [2.45, 2.75) is 32.6 Å². The minimum atomic E-state index is 0.0624. The van der Waals surface area contributed by atoms with E-state index in [1.165, 1.54) is 0 Å². The summed E-state index contributed by atoms with van der Waals surface area (Å²) >= 11 is 0. The maximum absolute atomic E-state index is 8.72. The molecule has 0 saturated heterocycles. The summed E-state index contributed by atoms with van der Waals surface area (Å²) < 4.78 is 0. The molecule has 0 aliphatic carbocycles. The van der Waals surface area contributed by atoms with E-state index in [0.29, 0.717) is 5.56 Å². The lowest BCUT2D eigenvalue weighted by molar-refractivity contribution is 0.490. The molecule has 1 heterocycles. The summed E-state index contributed by atoms with van der Waals surface area (Å²) in [6.45, 7) is 6.40. The van der Waals surface area contributed by atoms with E-state index in [1.807, 2.05) is 6.07 Å². The van der Waals surface area contributed by atoms with Crippen molar-refractivity contribution in [1.82, 2.24) is 4.98 Å². The predicted octanol–water partition coefficient (Wildman–Crippen LogP) is 2.64. The normalized spacial score (nSPS) is 10.9. The molecule has 0 bridgehead atoms. The van der Waals surface area contributed by atoms with E-state index in [4.69, 9.17) is 5.26 Å². The predicted molar refractivity (Wildman–Crippen MR) is 52.3 cm³/mol. The van der Waals surface area contributed by atoms with Gasteiger partial charge in [0.1, 0.15) is 0 Å². The first-order valence-corrected chi connectivity index (χ1v) is 4.47. The Kier molecular flexibility index (Phi) is 2.67. The fourth-order valence-electron chi connectivity index (χ4n) is 1.05. The highest BCUT2D eigenvalue weighted by atomic mass is 14.7. The van der Waals surface area contributed by atoms with Crippen molar-refractivity contribution in [2.24, 2.45) is 0 Å². The molecule has 0 aromatic carbocycles. The molecule has 0 aliphatic heterocycles. The van der Waals surface area contributed by atoms with E-state index < -0.39 is 0 Å². The lowest BCUT2D eigenvalue weighted by Gasteiger charge is -2.21. The maximum Gasteiger partial charge on any atom is 0.0992 e. The van der Waals surface area contributed by atoms with Crippen LogP contribution in [0.3, 0.4) is 0 Å². The first-order valence-electron chi connectivity index (χ1n) is 4.47. The third-order valence-corrected chi connectivity index (χ3v) is 2.47. The highest BCUT2D eigenvalue weighted by Gasteiger charge is 2.19. The third-order valence-electron chi connectivity index (χ3n) is 2.47. The van der Waals surface area contributed by atoms with Gasteiger partial charge < -0.3 is 0 Å². The Balaban J connectivity index is 3.10. The lowest BCUT2D eigenvalue weighted by atomic mass is 9.85. The lowest BCUT2D eigenvalue weighted by Crippen LogP contribution is -2.17. The Morgan fingerprint density at radius 1 is 1.54 bits per heavy atom. The van der Waals surface area contributed by atoms with Crippen LogP contribution in [0.2, 0.25) is 0 Å². The van der Waals surface area contributed by atoms with Gasteiger partial charge in [0, 0.05) is 17.3 Å². The SMILES string of the molecule is CCC(C)(C)c1cc(C#N)ccn1. The largest absolute Gasteiger partial charge is 0.261 e. The number of rotatable bonds is 2. The van der Waals surface area contributed by atoms with Gasteiger partial charge in [-0.1, -0.05) is 20.8 Å². The molecule has 68 valence electrons. The highest BCUT2D eigenvalue weighted by molar-refractivity contribution is 5.31. The molecule has 0 N–H and O–H groups in total. The second kappa shape index (κ2) is 3.57. The van der Waals surface area contributed by atoms with Crippen molar-refractivity contribution < 1.29 is 0 Å². The monoisotopic (exact) mass is 174 g/mol. The quantitative estimate of drug-likeness (QED) is 0.691. The molecule has 0 unspecified atom stereocenters. The Morgan fingerprint density at radius 3 is 2.77 bits per heavy atom. The number of nitrogens with zero attached hydrogens (tertiary/aromatic N) is 2. The second-order valence-corrected chi connectivity index (χ2v) is 3.78. The van der Waals surface area contributed by atoms with Crippen LogP contribution in [0.15, 0.2) is 18.3 Å². The third kappa shape index (κ3) is 2.06. The van der Waals surface area contributed by atoms with Crippen LogP contribution in [0.1, 0.15) is 38.4 Å². The summed E-state index contributed by atoms with van der Waals surface area (Å²) in [6, 6.07) is 5.72. The molecule has 2 nitrogen and oxygen atoms in total. The molecule has 0 atom stereocenters. The van der Waals surface area contributed by atoms with E-state index >= 15 is 0 Å². The molecule has 0 fully saturated rings. The molecule has 1 aromatic heterocycles. The molecule has 1 aromatic rings. The van der Waals surface area contributed by atoms with Crippen LogP contribution in [-0.4, -0.2) is 4.98 Å². The molecular weight excluding hydrogens is 160 g/mol. The van der Waals surface area contributed by atoms with E-state index in [-0.39, 0.29) is 5.41 Å². The van der Waals surface area contributed by atoms with Crippen molar-refractivity contribution in [3.05, 3.63) is 29.6 Å². The Morgan fingerprint density at radius 2 is 2.23 bits per heavy atom. The van der Waals surface area contributed by atoms with Gasteiger partial charge in [-0.3, -0.25) is 4.98 Å². The zero-order valence-electron chi connectivity index (χ0n) is 8.33. The van der Waals surface area contributed by atoms with Crippen LogP contribution in [0.5, 0.6) is 0 Å². The van der Waals surface area contributed by atoms with Crippen molar-refractivity contribution in [3.63, 3.8) is 0 Å². The topological polar surface area (TPSA) is 36.7 Å². The average Bonchev–Trinajstić information content (AvgIpc) is 2.18. The van der Waals surface area contributed by atoms with E-state index in [9.17, 15) is 0 Å². The minimum absolute atomic E-state index is 0.0624. The number of hydrogen-bond donors (Lipinski definition) is 0.